The van der Waals surface area contributed by atoms with Gasteiger partial charge in [-0.3, -0.25) is 0 Å². The topological polar surface area (TPSA) is 66.4 Å². The fraction of sp³-hybridized carbons (Fsp3) is 0.455. The van der Waals surface area contributed by atoms with Gasteiger partial charge in [-0.1, -0.05) is 18.5 Å². The summed E-state index contributed by atoms with van der Waals surface area (Å²) in [6.07, 6.45) is -4.62. The second-order valence-electron chi connectivity index (χ2n) is 4.19. The van der Waals surface area contributed by atoms with Crippen molar-refractivity contribution in [2.75, 3.05) is 6.61 Å². The molecular weight excluding hydrogens is 319 g/mol. The monoisotopic (exact) mass is 331 g/mol. The van der Waals surface area contributed by atoms with E-state index in [1.165, 1.54) is 12.1 Å². The third-order valence-electron chi connectivity index (χ3n) is 2.75. The molecule has 2 N–H and O–H groups in total. The van der Waals surface area contributed by atoms with Crippen LogP contribution in [0.3, 0.4) is 0 Å². The molecule has 0 saturated heterocycles. The van der Waals surface area contributed by atoms with Crippen molar-refractivity contribution in [1.29, 1.82) is 0 Å². The van der Waals surface area contributed by atoms with E-state index in [1.807, 2.05) is 4.72 Å². The van der Waals surface area contributed by atoms with E-state index in [1.54, 1.807) is 0 Å². The molecule has 0 unspecified atom stereocenters. The van der Waals surface area contributed by atoms with Gasteiger partial charge in [0.2, 0.25) is 10.0 Å². The minimum absolute atomic E-state index is 0.227. The maximum absolute atomic E-state index is 12.6. The fourth-order valence-electron chi connectivity index (χ4n) is 1.41. The molecule has 1 aromatic rings. The predicted molar refractivity (Wildman–Crippen MR) is 67.9 cm³/mol. The molecule has 0 aliphatic heterocycles. The molecule has 0 fully saturated rings. The number of aliphatic hydroxyl groups excluding tert-OH is 1. The maximum atomic E-state index is 12.6. The first-order chi connectivity index (χ1) is 9.08. The zero-order valence-corrected chi connectivity index (χ0v) is 11.9. The second kappa shape index (κ2) is 6.30. The van der Waals surface area contributed by atoms with Crippen LogP contribution in [0.25, 0.3) is 0 Å². The van der Waals surface area contributed by atoms with Gasteiger partial charge in [-0.25, -0.2) is 13.1 Å². The Morgan fingerprint density at radius 3 is 2.20 bits per heavy atom. The van der Waals surface area contributed by atoms with Crippen LogP contribution in [0.2, 0.25) is 5.02 Å². The zero-order chi connectivity index (χ0) is 15.6. The molecule has 4 nitrogen and oxygen atoms in total. The number of hydrogen-bond acceptors (Lipinski definition) is 3. The van der Waals surface area contributed by atoms with Crippen molar-refractivity contribution < 1.29 is 26.7 Å². The Balaban J connectivity index is 2.96. The molecule has 0 radical (unpaired) electrons. The first-order valence-corrected chi connectivity index (χ1v) is 7.39. The van der Waals surface area contributed by atoms with Crippen molar-refractivity contribution in [1.82, 2.24) is 4.72 Å². The molecule has 114 valence electrons. The molecule has 0 amide bonds. The van der Waals surface area contributed by atoms with Gasteiger partial charge in [0.15, 0.2) is 0 Å². The van der Waals surface area contributed by atoms with E-state index in [-0.39, 0.29) is 4.90 Å². The summed E-state index contributed by atoms with van der Waals surface area (Å²) in [5.41, 5.74) is 0. The minimum atomic E-state index is -4.62. The second-order valence-corrected chi connectivity index (χ2v) is 6.34. The molecule has 0 spiro atoms. The zero-order valence-electron chi connectivity index (χ0n) is 10.4. The lowest BCUT2D eigenvalue weighted by atomic mass is 10.0. The van der Waals surface area contributed by atoms with Gasteiger partial charge in [-0.15, -0.1) is 0 Å². The van der Waals surface area contributed by atoms with Gasteiger partial charge in [0.05, 0.1) is 23.5 Å². The molecule has 1 rings (SSSR count). The highest BCUT2D eigenvalue weighted by molar-refractivity contribution is 7.89. The first kappa shape index (κ1) is 17.2. The molecule has 0 heterocycles. The van der Waals surface area contributed by atoms with Crippen molar-refractivity contribution in [2.45, 2.75) is 24.0 Å². The SMILES string of the molecule is C[C@H]([C@@H](CO)NS(=O)(=O)c1ccc(Cl)cc1)C(F)(F)F. The predicted octanol–water partition coefficient (Wildman–Crippen LogP) is 2.18. The third-order valence-corrected chi connectivity index (χ3v) is 4.50. The van der Waals surface area contributed by atoms with Crippen molar-refractivity contribution >= 4 is 21.6 Å². The Labute approximate surface area is 119 Å². The fourth-order valence-corrected chi connectivity index (χ4v) is 2.84. The number of benzene rings is 1. The Hall–Kier alpha value is -0.830. The van der Waals surface area contributed by atoms with Crippen molar-refractivity contribution in [2.24, 2.45) is 5.92 Å². The van der Waals surface area contributed by atoms with E-state index in [9.17, 15) is 21.6 Å². The number of rotatable bonds is 5. The standard InChI is InChI=1S/C11H13ClF3NO3S/c1-7(11(13,14)15)10(6-17)16-20(18,19)9-4-2-8(12)3-5-9/h2-5,7,10,16-17H,6H2,1H3/t7-,10-/m1/s1. The van der Waals surface area contributed by atoms with Crippen LogP contribution in [-0.4, -0.2) is 32.3 Å². The molecule has 0 aromatic heterocycles. The highest BCUT2D eigenvalue weighted by atomic mass is 35.5. The largest absolute Gasteiger partial charge is 0.395 e. The molecule has 1 aromatic carbocycles. The Kier molecular flexibility index (Phi) is 5.42. The smallest absolute Gasteiger partial charge is 0.393 e. The Bertz CT molecular complexity index is 545. The molecular formula is C11H13ClF3NO3S. The van der Waals surface area contributed by atoms with E-state index in [2.05, 4.69) is 0 Å². The van der Waals surface area contributed by atoms with Crippen LogP contribution >= 0.6 is 11.6 Å². The number of halogens is 4. The summed E-state index contributed by atoms with van der Waals surface area (Å²) in [6.45, 7) is -0.168. The Morgan fingerprint density at radius 1 is 1.30 bits per heavy atom. The molecule has 0 aliphatic rings. The van der Waals surface area contributed by atoms with Gasteiger partial charge < -0.3 is 5.11 Å². The van der Waals surface area contributed by atoms with E-state index < -0.39 is 34.8 Å². The van der Waals surface area contributed by atoms with Crippen molar-refractivity contribution in [3.8, 4) is 0 Å². The van der Waals surface area contributed by atoms with E-state index in [0.29, 0.717) is 5.02 Å². The molecule has 9 heteroatoms. The van der Waals surface area contributed by atoms with E-state index in [0.717, 1.165) is 19.1 Å². The highest BCUT2D eigenvalue weighted by Crippen LogP contribution is 2.29. The van der Waals surface area contributed by atoms with Crippen LogP contribution < -0.4 is 4.72 Å². The lowest BCUT2D eigenvalue weighted by Gasteiger charge is -2.25. The van der Waals surface area contributed by atoms with E-state index in [4.69, 9.17) is 16.7 Å². The van der Waals surface area contributed by atoms with Gasteiger partial charge in [-0.2, -0.15) is 13.2 Å². The first-order valence-electron chi connectivity index (χ1n) is 5.53. The summed E-state index contributed by atoms with van der Waals surface area (Å²) in [7, 11) is -4.16. The summed E-state index contributed by atoms with van der Waals surface area (Å²) < 4.78 is 63.3. The molecule has 0 bridgehead atoms. The van der Waals surface area contributed by atoms with Gasteiger partial charge in [-0.05, 0) is 24.3 Å². The van der Waals surface area contributed by atoms with Crippen LogP contribution in [0.1, 0.15) is 6.92 Å². The van der Waals surface area contributed by atoms with Crippen LogP contribution in [-0.2, 0) is 10.0 Å². The van der Waals surface area contributed by atoms with E-state index >= 15 is 0 Å². The van der Waals surface area contributed by atoms with Crippen LogP contribution in [0, 0.1) is 5.92 Å². The lowest BCUT2D eigenvalue weighted by molar-refractivity contribution is -0.178. The summed E-state index contributed by atoms with van der Waals surface area (Å²) in [4.78, 5) is -0.227. The molecule has 0 aliphatic carbocycles. The molecule has 0 saturated carbocycles. The van der Waals surface area contributed by atoms with Gasteiger partial charge in [0, 0.05) is 5.02 Å². The van der Waals surface area contributed by atoms with Gasteiger partial charge in [0.1, 0.15) is 0 Å². The summed E-state index contributed by atoms with van der Waals surface area (Å²) in [5.74, 6) is -2.02. The highest BCUT2D eigenvalue weighted by Gasteiger charge is 2.42. The Morgan fingerprint density at radius 2 is 1.80 bits per heavy atom. The number of hydrogen-bond donors (Lipinski definition) is 2. The maximum Gasteiger partial charge on any atom is 0.393 e. The minimum Gasteiger partial charge on any atom is -0.395 e. The van der Waals surface area contributed by atoms with Crippen LogP contribution in [0.5, 0.6) is 0 Å². The summed E-state index contributed by atoms with van der Waals surface area (Å²) >= 11 is 5.60. The third kappa shape index (κ3) is 4.34. The normalized spacial score (nSPS) is 15.9. The van der Waals surface area contributed by atoms with Crippen LogP contribution in [0.15, 0.2) is 29.2 Å². The number of nitrogens with one attached hydrogen (secondary N) is 1. The van der Waals surface area contributed by atoms with Crippen molar-refractivity contribution in [3.05, 3.63) is 29.3 Å². The average Bonchev–Trinajstić information content (AvgIpc) is 2.34. The summed E-state index contributed by atoms with van der Waals surface area (Å²) in [6, 6.07) is 3.28. The lowest BCUT2D eigenvalue weighted by Crippen LogP contribution is -2.46. The molecule has 20 heavy (non-hydrogen) atoms. The number of aliphatic hydroxyl groups is 1. The van der Waals surface area contributed by atoms with Gasteiger partial charge in [0.25, 0.3) is 0 Å². The van der Waals surface area contributed by atoms with Gasteiger partial charge >= 0.3 is 6.18 Å². The van der Waals surface area contributed by atoms with Crippen LogP contribution in [0.4, 0.5) is 13.2 Å². The number of sulfonamides is 1. The van der Waals surface area contributed by atoms with Crippen molar-refractivity contribution in [3.63, 3.8) is 0 Å². The average molecular weight is 332 g/mol. The summed E-state index contributed by atoms with van der Waals surface area (Å²) in [5, 5.41) is 9.26. The quantitative estimate of drug-likeness (QED) is 0.869. The number of alkyl halides is 3. The molecule has 2 atom stereocenters.